The highest BCUT2D eigenvalue weighted by Gasteiger charge is 2.26. The zero-order valence-electron chi connectivity index (χ0n) is 19.0. The van der Waals surface area contributed by atoms with Gasteiger partial charge in [0.1, 0.15) is 29.0 Å². The highest BCUT2D eigenvalue weighted by Crippen LogP contribution is 2.29. The van der Waals surface area contributed by atoms with Crippen LogP contribution in [0.15, 0.2) is 38.7 Å². The maximum absolute atomic E-state index is 12.8. The van der Waals surface area contributed by atoms with Gasteiger partial charge in [-0.3, -0.25) is 10.1 Å². The van der Waals surface area contributed by atoms with Gasteiger partial charge in [-0.25, -0.2) is 8.42 Å². The van der Waals surface area contributed by atoms with Crippen LogP contribution >= 0.6 is 11.8 Å². The summed E-state index contributed by atoms with van der Waals surface area (Å²) < 4.78 is 32.6. The summed E-state index contributed by atoms with van der Waals surface area (Å²) in [6, 6.07) is 8.68. The van der Waals surface area contributed by atoms with Crippen molar-refractivity contribution < 1.29 is 17.6 Å². The molecule has 0 aliphatic carbocycles. The number of hydrogen-bond acceptors (Lipinski definition) is 8. The van der Waals surface area contributed by atoms with Crippen LogP contribution in [0.4, 0.5) is 5.88 Å². The van der Waals surface area contributed by atoms with Gasteiger partial charge in [-0.2, -0.15) is 5.26 Å². The van der Waals surface area contributed by atoms with Crippen LogP contribution in [-0.4, -0.2) is 34.3 Å². The number of anilines is 1. The van der Waals surface area contributed by atoms with Crippen LogP contribution in [0, 0.1) is 32.1 Å². The minimum Gasteiger partial charge on any atom is -0.444 e. The number of nitrogens with one attached hydrogen (secondary N) is 1. The van der Waals surface area contributed by atoms with E-state index in [0.29, 0.717) is 28.5 Å². The lowest BCUT2D eigenvalue weighted by Crippen LogP contribution is -2.25. The Bertz CT molecular complexity index is 1320. The summed E-state index contributed by atoms with van der Waals surface area (Å²) in [7, 11) is -1.93. The summed E-state index contributed by atoms with van der Waals surface area (Å²) in [6.07, 6.45) is 0.473. The normalized spacial score (nSPS) is 12.4. The van der Waals surface area contributed by atoms with Crippen LogP contribution in [0.3, 0.4) is 0 Å². The minimum atomic E-state index is -3.59. The van der Waals surface area contributed by atoms with Crippen molar-refractivity contribution in [1.29, 1.82) is 5.26 Å². The second-order valence-electron chi connectivity index (χ2n) is 7.63. The van der Waals surface area contributed by atoms with E-state index in [9.17, 15) is 18.5 Å². The summed E-state index contributed by atoms with van der Waals surface area (Å²) in [5.41, 5.74) is 1.95. The lowest BCUT2D eigenvalue weighted by Gasteiger charge is -2.13. The molecule has 0 aliphatic rings. The van der Waals surface area contributed by atoms with E-state index in [1.807, 2.05) is 19.9 Å². The summed E-state index contributed by atoms with van der Waals surface area (Å²) in [5.74, 6) is 0.316. The molecule has 33 heavy (non-hydrogen) atoms. The number of carbonyl (C=O) groups excluding carboxylic acids is 1. The number of thioether (sulfide) groups is 1. The van der Waals surface area contributed by atoms with E-state index in [1.165, 1.54) is 11.8 Å². The van der Waals surface area contributed by atoms with Crippen molar-refractivity contribution in [3.63, 3.8) is 0 Å². The van der Waals surface area contributed by atoms with E-state index >= 15 is 0 Å². The van der Waals surface area contributed by atoms with E-state index in [2.05, 4.69) is 15.5 Å². The van der Waals surface area contributed by atoms with Crippen molar-refractivity contribution in [2.75, 3.05) is 5.32 Å². The minimum absolute atomic E-state index is 0.124. The Kier molecular flexibility index (Phi) is 7.29. The molecule has 174 valence electrons. The lowest BCUT2D eigenvalue weighted by molar-refractivity contribution is -0.115. The largest absolute Gasteiger partial charge is 0.444 e. The third-order valence-electron chi connectivity index (χ3n) is 5.27. The van der Waals surface area contributed by atoms with Gasteiger partial charge in [0, 0.05) is 12.6 Å². The predicted octanol–water partition coefficient (Wildman–Crippen LogP) is 3.69. The number of amides is 1. The average Bonchev–Trinajstić information content (AvgIpc) is 3.24. The Balaban J connectivity index is 1.75. The molecule has 0 radical (unpaired) electrons. The van der Waals surface area contributed by atoms with Gasteiger partial charge >= 0.3 is 0 Å². The fourth-order valence-electron chi connectivity index (χ4n) is 3.06. The molecule has 9 nitrogen and oxygen atoms in total. The first-order chi connectivity index (χ1) is 15.6. The quantitative estimate of drug-likeness (QED) is 0.476. The third-order valence-corrected chi connectivity index (χ3v) is 8.30. The molecular weight excluding hydrogens is 462 g/mol. The summed E-state index contributed by atoms with van der Waals surface area (Å²) in [4.78, 5) is 13.1. The van der Waals surface area contributed by atoms with E-state index in [0.717, 1.165) is 5.56 Å². The van der Waals surface area contributed by atoms with Crippen molar-refractivity contribution in [1.82, 2.24) is 14.8 Å². The smallest absolute Gasteiger partial charge is 0.240 e. The molecule has 0 saturated carbocycles. The third kappa shape index (κ3) is 5.29. The molecule has 0 bridgehead atoms. The number of carbonyl (C=O) groups is 1. The molecule has 0 spiro atoms. The number of aryl methyl sites for hydroxylation is 2. The van der Waals surface area contributed by atoms with Crippen LogP contribution in [0.25, 0.3) is 0 Å². The Labute approximate surface area is 197 Å². The lowest BCUT2D eigenvalue weighted by atomic mass is 10.2. The maximum Gasteiger partial charge on any atom is 0.240 e. The molecular formula is C22H25N5O4S2. The predicted molar refractivity (Wildman–Crippen MR) is 125 cm³/mol. The molecule has 11 heteroatoms. The van der Waals surface area contributed by atoms with Crippen LogP contribution in [0.2, 0.25) is 0 Å². The van der Waals surface area contributed by atoms with Crippen molar-refractivity contribution in [3.05, 3.63) is 52.5 Å². The fourth-order valence-corrected chi connectivity index (χ4v) is 5.31. The summed E-state index contributed by atoms with van der Waals surface area (Å²) in [5, 5.41) is 20.0. The molecule has 2 heterocycles. The van der Waals surface area contributed by atoms with Crippen LogP contribution in [0.5, 0.6) is 0 Å². The second-order valence-corrected chi connectivity index (χ2v) is 10.8. The van der Waals surface area contributed by atoms with Gasteiger partial charge in [0.15, 0.2) is 15.0 Å². The van der Waals surface area contributed by atoms with E-state index < -0.39 is 15.1 Å². The first-order valence-electron chi connectivity index (χ1n) is 10.2. The highest BCUT2D eigenvalue weighted by atomic mass is 32.2. The maximum atomic E-state index is 12.8. The molecule has 1 amide bonds. The van der Waals surface area contributed by atoms with Gasteiger partial charge in [-0.15, -0.1) is 10.2 Å². The molecule has 0 fully saturated rings. The van der Waals surface area contributed by atoms with Gasteiger partial charge in [0.2, 0.25) is 11.8 Å². The van der Waals surface area contributed by atoms with Crippen molar-refractivity contribution >= 4 is 33.4 Å². The van der Waals surface area contributed by atoms with E-state index in [4.69, 9.17) is 4.42 Å². The molecule has 0 saturated heterocycles. The summed E-state index contributed by atoms with van der Waals surface area (Å²) in [6.45, 7) is 7.22. The van der Waals surface area contributed by atoms with Gasteiger partial charge in [-0.1, -0.05) is 36.4 Å². The molecule has 1 atom stereocenters. The Morgan fingerprint density at radius 3 is 2.52 bits per heavy atom. The van der Waals surface area contributed by atoms with E-state index in [1.54, 1.807) is 49.7 Å². The number of nitrogens with zero attached hydrogens (tertiary/aromatic N) is 4. The SMILES string of the molecule is CCC(Sc1nnc(CS(=O)(=O)c2ccc(C)cc2)n1C)C(=O)Nc1oc(C)c(C)c1C#N. The number of sulfone groups is 1. The zero-order chi connectivity index (χ0) is 24.3. The Hall–Kier alpha value is -3.10. The zero-order valence-corrected chi connectivity index (χ0v) is 20.7. The van der Waals surface area contributed by atoms with Crippen molar-refractivity contribution in [2.24, 2.45) is 7.05 Å². The van der Waals surface area contributed by atoms with Crippen LogP contribution < -0.4 is 5.32 Å². The second kappa shape index (κ2) is 9.80. The highest BCUT2D eigenvalue weighted by molar-refractivity contribution is 8.00. The monoisotopic (exact) mass is 487 g/mol. The fraction of sp³-hybridized carbons (Fsp3) is 0.364. The molecule has 3 aromatic rings. The molecule has 2 aromatic heterocycles. The van der Waals surface area contributed by atoms with E-state index in [-0.39, 0.29) is 28.3 Å². The molecule has 1 N–H and O–H groups in total. The van der Waals surface area contributed by atoms with Crippen LogP contribution in [-0.2, 0) is 27.4 Å². The molecule has 0 aliphatic heterocycles. The van der Waals surface area contributed by atoms with Gasteiger partial charge in [-0.05, 0) is 39.3 Å². The Morgan fingerprint density at radius 1 is 1.24 bits per heavy atom. The first-order valence-corrected chi connectivity index (χ1v) is 12.8. The number of benzene rings is 1. The van der Waals surface area contributed by atoms with Gasteiger partial charge in [0.25, 0.3) is 0 Å². The average molecular weight is 488 g/mol. The standard InChI is InChI=1S/C22H25N5O4S2/c1-6-18(20(28)24-21-17(11-23)14(3)15(4)31-21)32-22-26-25-19(27(22)5)12-33(29,30)16-9-7-13(2)8-10-16/h7-10,18H,6,12H2,1-5H3,(H,24,28). The number of hydrogen-bond donors (Lipinski definition) is 1. The molecule has 1 unspecified atom stereocenters. The van der Waals surface area contributed by atoms with Crippen molar-refractivity contribution in [3.8, 4) is 6.07 Å². The molecule has 3 rings (SSSR count). The summed E-state index contributed by atoms with van der Waals surface area (Å²) >= 11 is 1.17. The van der Waals surface area contributed by atoms with Crippen molar-refractivity contribution in [2.45, 2.75) is 55.2 Å². The first kappa shape index (κ1) is 24.5. The Morgan fingerprint density at radius 2 is 1.91 bits per heavy atom. The van der Waals surface area contributed by atoms with Gasteiger partial charge < -0.3 is 8.98 Å². The van der Waals surface area contributed by atoms with Gasteiger partial charge in [0.05, 0.1) is 10.1 Å². The number of aromatic nitrogens is 3. The number of furan rings is 1. The molecule has 1 aromatic carbocycles. The number of rotatable bonds is 8. The number of nitriles is 1. The topological polar surface area (TPSA) is 131 Å². The van der Waals surface area contributed by atoms with Crippen LogP contribution in [0.1, 0.15) is 41.6 Å².